The Hall–Kier alpha value is -1.34. The van der Waals surface area contributed by atoms with E-state index in [2.05, 4.69) is 4.72 Å². The maximum atomic E-state index is 12.2. The van der Waals surface area contributed by atoms with E-state index in [0.29, 0.717) is 22.1 Å². The molecule has 1 heterocycles. The van der Waals surface area contributed by atoms with Gasteiger partial charge >= 0.3 is 0 Å². The molecule has 2 N–H and O–H groups in total. The second kappa shape index (κ2) is 7.05. The summed E-state index contributed by atoms with van der Waals surface area (Å²) in [7, 11) is -3.65. The van der Waals surface area contributed by atoms with Gasteiger partial charge in [0.25, 0.3) is 0 Å². The molecule has 2 rings (SSSR count). The van der Waals surface area contributed by atoms with Crippen molar-refractivity contribution in [1.82, 2.24) is 4.72 Å². The highest BCUT2D eigenvalue weighted by Crippen LogP contribution is 2.24. The average molecular weight is 358 g/mol. The van der Waals surface area contributed by atoms with E-state index >= 15 is 0 Å². The normalized spacial score (nSPS) is 13.3. The summed E-state index contributed by atoms with van der Waals surface area (Å²) in [5.41, 5.74) is 1.49. The van der Waals surface area contributed by atoms with Crippen LogP contribution in [0.5, 0.6) is 0 Å². The van der Waals surface area contributed by atoms with Gasteiger partial charge < -0.3 is 9.52 Å². The van der Waals surface area contributed by atoms with E-state index in [0.717, 1.165) is 5.56 Å². The predicted molar refractivity (Wildman–Crippen MR) is 89.1 cm³/mol. The van der Waals surface area contributed by atoms with E-state index in [-0.39, 0.29) is 17.9 Å². The standard InChI is InChI=1S/C16H20ClNO4S/c1-10-4-5-13(9-15(10)17)23(20,21)18-7-6-16(19)14-8-11(2)22-12(14)3/h4-5,8-9,16,18-19H,6-7H2,1-3H3. The molecule has 1 aromatic carbocycles. The molecule has 23 heavy (non-hydrogen) atoms. The number of aryl methyl sites for hydroxylation is 3. The van der Waals surface area contributed by atoms with Crippen LogP contribution in [-0.4, -0.2) is 20.1 Å². The minimum Gasteiger partial charge on any atom is -0.466 e. The summed E-state index contributed by atoms with van der Waals surface area (Å²) in [5, 5.41) is 10.5. The van der Waals surface area contributed by atoms with Crippen molar-refractivity contribution in [3.8, 4) is 0 Å². The lowest BCUT2D eigenvalue weighted by Crippen LogP contribution is -2.26. The number of aliphatic hydroxyl groups is 1. The minimum absolute atomic E-state index is 0.109. The van der Waals surface area contributed by atoms with Gasteiger partial charge in [0.1, 0.15) is 11.5 Å². The molecular weight excluding hydrogens is 338 g/mol. The molecule has 7 heteroatoms. The van der Waals surface area contributed by atoms with Gasteiger partial charge in [0.05, 0.1) is 11.0 Å². The number of hydrogen-bond donors (Lipinski definition) is 2. The number of furan rings is 1. The van der Waals surface area contributed by atoms with Crippen LogP contribution in [0.1, 0.15) is 35.2 Å². The zero-order valence-electron chi connectivity index (χ0n) is 13.3. The number of hydrogen-bond acceptors (Lipinski definition) is 4. The van der Waals surface area contributed by atoms with E-state index in [9.17, 15) is 13.5 Å². The van der Waals surface area contributed by atoms with Gasteiger partial charge in [0.2, 0.25) is 10.0 Å². The molecule has 0 amide bonds. The van der Waals surface area contributed by atoms with Crippen LogP contribution in [0.3, 0.4) is 0 Å². The maximum absolute atomic E-state index is 12.2. The second-order valence-corrected chi connectivity index (χ2v) is 7.66. The van der Waals surface area contributed by atoms with Gasteiger partial charge in [-0.15, -0.1) is 0 Å². The molecule has 2 aromatic rings. The Labute approximate surface area is 141 Å². The van der Waals surface area contributed by atoms with Crippen molar-refractivity contribution in [3.63, 3.8) is 0 Å². The van der Waals surface area contributed by atoms with Crippen LogP contribution in [0.2, 0.25) is 5.02 Å². The molecule has 0 saturated heterocycles. The molecule has 0 aliphatic carbocycles. The van der Waals surface area contributed by atoms with Gasteiger partial charge in [0.15, 0.2) is 0 Å². The van der Waals surface area contributed by atoms with E-state index in [1.807, 2.05) is 0 Å². The monoisotopic (exact) mass is 357 g/mol. The van der Waals surface area contributed by atoms with Gasteiger partial charge in [0, 0.05) is 17.1 Å². The van der Waals surface area contributed by atoms with E-state index in [1.165, 1.54) is 12.1 Å². The van der Waals surface area contributed by atoms with Crippen LogP contribution >= 0.6 is 11.6 Å². The van der Waals surface area contributed by atoms with Crippen LogP contribution in [0, 0.1) is 20.8 Å². The molecule has 0 saturated carbocycles. The lowest BCUT2D eigenvalue weighted by Gasteiger charge is -2.11. The Morgan fingerprint density at radius 1 is 1.26 bits per heavy atom. The van der Waals surface area contributed by atoms with Crippen molar-refractivity contribution in [3.05, 3.63) is 51.9 Å². The number of benzene rings is 1. The minimum atomic E-state index is -3.65. The summed E-state index contributed by atoms with van der Waals surface area (Å²) in [6.45, 7) is 5.48. The van der Waals surface area contributed by atoms with Crippen LogP contribution in [0.15, 0.2) is 33.6 Å². The molecule has 126 valence electrons. The van der Waals surface area contributed by atoms with E-state index in [1.54, 1.807) is 32.9 Å². The first kappa shape index (κ1) is 18.0. The van der Waals surface area contributed by atoms with Gasteiger partial charge in [-0.1, -0.05) is 17.7 Å². The third-order valence-electron chi connectivity index (χ3n) is 3.60. The fourth-order valence-electron chi connectivity index (χ4n) is 2.29. The van der Waals surface area contributed by atoms with Gasteiger partial charge in [-0.3, -0.25) is 0 Å². The Morgan fingerprint density at radius 2 is 1.96 bits per heavy atom. The zero-order chi connectivity index (χ0) is 17.2. The van der Waals surface area contributed by atoms with Crippen LogP contribution in [-0.2, 0) is 10.0 Å². The lowest BCUT2D eigenvalue weighted by molar-refractivity contribution is 0.167. The molecule has 1 aromatic heterocycles. The predicted octanol–water partition coefficient (Wildman–Crippen LogP) is 3.26. The van der Waals surface area contributed by atoms with Crippen molar-refractivity contribution >= 4 is 21.6 Å². The molecule has 0 radical (unpaired) electrons. The van der Waals surface area contributed by atoms with Gasteiger partial charge in [-0.05, 0) is 51.0 Å². The Balaban J connectivity index is 1.99. The molecular formula is C16H20ClNO4S. The molecule has 0 aliphatic rings. The number of sulfonamides is 1. The fraction of sp³-hybridized carbons (Fsp3) is 0.375. The van der Waals surface area contributed by atoms with Crippen LogP contribution < -0.4 is 4.72 Å². The molecule has 0 spiro atoms. The molecule has 0 aliphatic heterocycles. The molecule has 0 bridgehead atoms. The quantitative estimate of drug-likeness (QED) is 0.831. The Kier molecular flexibility index (Phi) is 5.52. The van der Waals surface area contributed by atoms with Gasteiger partial charge in [-0.2, -0.15) is 0 Å². The summed E-state index contributed by atoms with van der Waals surface area (Å²) in [6, 6.07) is 6.33. The Morgan fingerprint density at radius 3 is 2.52 bits per heavy atom. The molecule has 0 fully saturated rings. The van der Waals surface area contributed by atoms with Gasteiger partial charge in [-0.25, -0.2) is 13.1 Å². The smallest absolute Gasteiger partial charge is 0.240 e. The first-order chi connectivity index (χ1) is 10.7. The summed E-state index contributed by atoms with van der Waals surface area (Å²) < 4.78 is 32.3. The Bertz CT molecular complexity index is 798. The number of halogens is 1. The average Bonchev–Trinajstić information content (AvgIpc) is 2.80. The topological polar surface area (TPSA) is 79.5 Å². The lowest BCUT2D eigenvalue weighted by atomic mass is 10.1. The summed E-state index contributed by atoms with van der Waals surface area (Å²) >= 11 is 5.96. The van der Waals surface area contributed by atoms with Crippen molar-refractivity contribution in [2.45, 2.75) is 38.2 Å². The second-order valence-electron chi connectivity index (χ2n) is 5.48. The highest BCUT2D eigenvalue weighted by atomic mass is 35.5. The fourth-order valence-corrected chi connectivity index (χ4v) is 3.61. The first-order valence-electron chi connectivity index (χ1n) is 7.21. The number of nitrogens with one attached hydrogen (secondary N) is 1. The molecule has 1 unspecified atom stereocenters. The van der Waals surface area contributed by atoms with Crippen molar-refractivity contribution in [2.24, 2.45) is 0 Å². The van der Waals surface area contributed by atoms with Crippen LogP contribution in [0.4, 0.5) is 0 Å². The van der Waals surface area contributed by atoms with E-state index < -0.39 is 16.1 Å². The van der Waals surface area contributed by atoms with Crippen molar-refractivity contribution in [1.29, 1.82) is 0 Å². The summed E-state index contributed by atoms with van der Waals surface area (Å²) in [6.07, 6.45) is -0.532. The highest BCUT2D eigenvalue weighted by Gasteiger charge is 2.18. The number of rotatable bonds is 6. The third-order valence-corrected chi connectivity index (χ3v) is 5.47. The van der Waals surface area contributed by atoms with Crippen molar-refractivity contribution in [2.75, 3.05) is 6.54 Å². The molecule has 5 nitrogen and oxygen atoms in total. The summed E-state index contributed by atoms with van der Waals surface area (Å²) in [4.78, 5) is 0.109. The highest BCUT2D eigenvalue weighted by molar-refractivity contribution is 7.89. The maximum Gasteiger partial charge on any atom is 0.240 e. The first-order valence-corrected chi connectivity index (χ1v) is 9.07. The van der Waals surface area contributed by atoms with Crippen molar-refractivity contribution < 1.29 is 17.9 Å². The zero-order valence-corrected chi connectivity index (χ0v) is 14.8. The van der Waals surface area contributed by atoms with E-state index in [4.69, 9.17) is 16.0 Å². The summed E-state index contributed by atoms with van der Waals surface area (Å²) in [5.74, 6) is 1.36. The number of aliphatic hydroxyl groups excluding tert-OH is 1. The third kappa shape index (κ3) is 4.35. The van der Waals surface area contributed by atoms with Crippen LogP contribution in [0.25, 0.3) is 0 Å². The SMILES string of the molecule is Cc1cc(C(O)CCNS(=O)(=O)c2ccc(C)c(Cl)c2)c(C)o1. The largest absolute Gasteiger partial charge is 0.466 e. The molecule has 1 atom stereocenters.